The number of aromatic nitrogens is 1. The van der Waals surface area contributed by atoms with Crippen molar-refractivity contribution in [3.63, 3.8) is 0 Å². The smallest absolute Gasteiger partial charge is 0.168 e. The van der Waals surface area contributed by atoms with Crippen molar-refractivity contribution in [1.82, 2.24) is 4.98 Å². The minimum absolute atomic E-state index is 0.0658. The van der Waals surface area contributed by atoms with E-state index in [2.05, 4.69) is 15.6 Å². The van der Waals surface area contributed by atoms with Crippen LogP contribution in [0.4, 0.5) is 20.4 Å². The van der Waals surface area contributed by atoms with E-state index in [1.807, 2.05) is 0 Å². The predicted octanol–water partition coefficient (Wildman–Crippen LogP) is 3.00. The second-order valence-corrected chi connectivity index (χ2v) is 4.41. The second kappa shape index (κ2) is 5.29. The van der Waals surface area contributed by atoms with Gasteiger partial charge in [0.15, 0.2) is 23.3 Å². The van der Waals surface area contributed by atoms with Gasteiger partial charge in [0.05, 0.1) is 0 Å². The summed E-state index contributed by atoms with van der Waals surface area (Å²) in [7, 11) is 1.56. The van der Waals surface area contributed by atoms with Crippen LogP contribution in [0.5, 0.6) is 0 Å². The van der Waals surface area contributed by atoms with Crippen LogP contribution >= 0.6 is 0 Å². The van der Waals surface area contributed by atoms with E-state index in [0.29, 0.717) is 6.54 Å². The van der Waals surface area contributed by atoms with Gasteiger partial charge in [0.1, 0.15) is 0 Å². The largest absolute Gasteiger partial charge is 0.371 e. The lowest BCUT2D eigenvalue weighted by atomic mass is 10.2. The number of hydrogen-bond donors (Lipinski definition) is 2. The monoisotopic (exact) mass is 241 g/mol. The van der Waals surface area contributed by atoms with Crippen LogP contribution in [0.25, 0.3) is 0 Å². The summed E-state index contributed by atoms with van der Waals surface area (Å²) in [4.78, 5) is 3.85. The number of rotatable bonds is 6. The van der Waals surface area contributed by atoms with Crippen molar-refractivity contribution in [2.24, 2.45) is 5.92 Å². The van der Waals surface area contributed by atoms with E-state index in [1.165, 1.54) is 19.3 Å². The van der Waals surface area contributed by atoms with Crippen molar-refractivity contribution >= 4 is 11.6 Å². The molecule has 1 aliphatic carbocycles. The summed E-state index contributed by atoms with van der Waals surface area (Å²) < 4.78 is 26.5. The summed E-state index contributed by atoms with van der Waals surface area (Å²) >= 11 is 0. The summed E-state index contributed by atoms with van der Waals surface area (Å²) in [5.74, 6) is -0.264. The minimum Gasteiger partial charge on any atom is -0.371 e. The van der Waals surface area contributed by atoms with E-state index in [9.17, 15) is 8.78 Å². The van der Waals surface area contributed by atoms with Gasteiger partial charge in [-0.2, -0.15) is 0 Å². The van der Waals surface area contributed by atoms with E-state index in [1.54, 1.807) is 7.05 Å². The summed E-state index contributed by atoms with van der Waals surface area (Å²) in [5, 5.41) is 5.49. The Bertz CT molecular complexity index is 392. The maximum absolute atomic E-state index is 13.4. The average Bonchev–Trinajstić information content (AvgIpc) is 3.10. The fourth-order valence-electron chi connectivity index (χ4n) is 1.77. The number of hydrogen-bond acceptors (Lipinski definition) is 3. The van der Waals surface area contributed by atoms with Gasteiger partial charge in [-0.15, -0.1) is 0 Å². The number of nitrogens with one attached hydrogen (secondary N) is 2. The SMILES string of the molecule is CNc1nc(NCCCC2CC2)c(F)cc1F. The Hall–Kier alpha value is -1.39. The maximum atomic E-state index is 13.4. The minimum atomic E-state index is -0.673. The third-order valence-electron chi connectivity index (χ3n) is 2.94. The third kappa shape index (κ3) is 3.28. The lowest BCUT2D eigenvalue weighted by Crippen LogP contribution is -2.08. The summed E-state index contributed by atoms with van der Waals surface area (Å²) in [6.45, 7) is 0.676. The standard InChI is InChI=1S/C12H17F2N3/c1-15-11-9(13)7-10(14)12(17-11)16-6-2-3-8-4-5-8/h7-8H,2-6H2,1H3,(H2,15,16,17). The zero-order valence-corrected chi connectivity index (χ0v) is 9.89. The fourth-order valence-corrected chi connectivity index (χ4v) is 1.77. The van der Waals surface area contributed by atoms with Gasteiger partial charge in [-0.25, -0.2) is 13.8 Å². The van der Waals surface area contributed by atoms with E-state index in [4.69, 9.17) is 0 Å². The van der Waals surface area contributed by atoms with Crippen molar-refractivity contribution < 1.29 is 8.78 Å². The van der Waals surface area contributed by atoms with Gasteiger partial charge in [-0.05, 0) is 18.8 Å². The summed E-state index contributed by atoms with van der Waals surface area (Å²) in [6, 6.07) is 0.849. The quantitative estimate of drug-likeness (QED) is 0.752. The van der Waals surface area contributed by atoms with Crippen molar-refractivity contribution in [3.05, 3.63) is 17.7 Å². The van der Waals surface area contributed by atoms with Gasteiger partial charge in [0.25, 0.3) is 0 Å². The average molecular weight is 241 g/mol. The topological polar surface area (TPSA) is 37.0 Å². The van der Waals surface area contributed by atoms with Crippen molar-refractivity contribution in [1.29, 1.82) is 0 Å². The van der Waals surface area contributed by atoms with Crippen molar-refractivity contribution in [3.8, 4) is 0 Å². The Kier molecular flexibility index (Phi) is 3.76. The van der Waals surface area contributed by atoms with Crippen LogP contribution in [0.15, 0.2) is 6.07 Å². The first-order chi connectivity index (χ1) is 8.20. The Balaban J connectivity index is 1.89. The zero-order valence-electron chi connectivity index (χ0n) is 9.89. The molecule has 17 heavy (non-hydrogen) atoms. The summed E-state index contributed by atoms with van der Waals surface area (Å²) in [6.07, 6.45) is 4.83. The highest BCUT2D eigenvalue weighted by atomic mass is 19.1. The molecule has 0 bridgehead atoms. The molecule has 1 saturated carbocycles. The van der Waals surface area contributed by atoms with Gasteiger partial charge in [-0.3, -0.25) is 0 Å². The molecule has 0 amide bonds. The molecule has 1 heterocycles. The first-order valence-electron chi connectivity index (χ1n) is 5.98. The Morgan fingerprint density at radius 1 is 1.29 bits per heavy atom. The van der Waals surface area contributed by atoms with Crippen molar-refractivity contribution in [2.45, 2.75) is 25.7 Å². The number of halogens is 2. The molecule has 0 unspecified atom stereocenters. The molecular formula is C12H17F2N3. The molecule has 0 aliphatic heterocycles. The van der Waals surface area contributed by atoms with Crippen LogP contribution in [-0.4, -0.2) is 18.6 Å². The third-order valence-corrected chi connectivity index (χ3v) is 2.94. The Morgan fingerprint density at radius 2 is 2.00 bits per heavy atom. The second-order valence-electron chi connectivity index (χ2n) is 4.41. The number of pyridine rings is 1. The van der Waals surface area contributed by atoms with Gasteiger partial charge in [0.2, 0.25) is 0 Å². The van der Waals surface area contributed by atoms with Crippen LogP contribution in [0.3, 0.4) is 0 Å². The lowest BCUT2D eigenvalue weighted by molar-refractivity contribution is 0.577. The molecule has 3 nitrogen and oxygen atoms in total. The number of nitrogens with zero attached hydrogens (tertiary/aromatic N) is 1. The normalized spacial score (nSPS) is 14.8. The van der Waals surface area contributed by atoms with Crippen LogP contribution in [0.1, 0.15) is 25.7 Å². The molecule has 0 atom stereocenters. The van der Waals surface area contributed by atoms with Gasteiger partial charge in [-0.1, -0.05) is 12.8 Å². The molecule has 5 heteroatoms. The van der Waals surface area contributed by atoms with Crippen LogP contribution < -0.4 is 10.6 Å². The van der Waals surface area contributed by atoms with Crippen molar-refractivity contribution in [2.75, 3.05) is 24.2 Å². The molecule has 0 saturated heterocycles. The molecule has 1 aromatic heterocycles. The van der Waals surface area contributed by atoms with Crippen LogP contribution in [0.2, 0.25) is 0 Å². The molecule has 1 fully saturated rings. The first-order valence-corrected chi connectivity index (χ1v) is 5.98. The predicted molar refractivity (Wildman–Crippen MR) is 64.1 cm³/mol. The number of anilines is 2. The fraction of sp³-hybridized carbons (Fsp3) is 0.583. The summed E-state index contributed by atoms with van der Waals surface area (Å²) in [5.41, 5.74) is 0. The zero-order chi connectivity index (χ0) is 12.3. The van der Waals surface area contributed by atoms with E-state index in [-0.39, 0.29) is 11.6 Å². The molecule has 1 aliphatic rings. The Labute approximate surface area is 99.6 Å². The van der Waals surface area contributed by atoms with Crippen LogP contribution in [-0.2, 0) is 0 Å². The highest BCUT2D eigenvalue weighted by Gasteiger charge is 2.20. The maximum Gasteiger partial charge on any atom is 0.168 e. The molecule has 2 N–H and O–H groups in total. The molecular weight excluding hydrogens is 224 g/mol. The van der Waals surface area contributed by atoms with Gasteiger partial charge < -0.3 is 10.6 Å². The highest BCUT2D eigenvalue weighted by Crippen LogP contribution is 2.33. The van der Waals surface area contributed by atoms with E-state index >= 15 is 0 Å². The Morgan fingerprint density at radius 3 is 2.65 bits per heavy atom. The van der Waals surface area contributed by atoms with Crippen LogP contribution in [0, 0.1) is 17.6 Å². The molecule has 2 rings (SSSR count). The molecule has 1 aromatic rings. The van der Waals surface area contributed by atoms with E-state index < -0.39 is 11.6 Å². The van der Waals surface area contributed by atoms with E-state index in [0.717, 1.165) is 18.4 Å². The molecule has 0 radical (unpaired) electrons. The van der Waals surface area contributed by atoms with Gasteiger partial charge >= 0.3 is 0 Å². The molecule has 0 spiro atoms. The molecule has 94 valence electrons. The first kappa shape index (κ1) is 12.1. The molecule has 0 aromatic carbocycles. The van der Waals surface area contributed by atoms with Gasteiger partial charge in [0, 0.05) is 19.7 Å². The highest BCUT2D eigenvalue weighted by molar-refractivity contribution is 5.47. The lowest BCUT2D eigenvalue weighted by Gasteiger charge is -2.09.